The molecule has 0 aliphatic rings. The minimum atomic E-state index is -0.385. The molecule has 0 aliphatic carbocycles. The zero-order chi connectivity index (χ0) is 21.7. The molecule has 0 radical (unpaired) electrons. The van der Waals surface area contributed by atoms with Crippen molar-refractivity contribution < 1.29 is 9.59 Å². The standard InChI is InChI=1S/C28H44NO/c1-4-5-6-7-8-9-10-15-22-27(28(30)26-20-16-12-17-21-26)24-29(2,3)23-25-18-13-11-14-19-25/h11-14,16-21,27-28,30H,4-10,15,22-24H2,1-3H3/q+1/t27-,28+/m0/s1. The summed E-state index contributed by atoms with van der Waals surface area (Å²) < 4.78 is 0.898. The third kappa shape index (κ3) is 9.45. The van der Waals surface area contributed by atoms with E-state index in [0.29, 0.717) is 0 Å². The van der Waals surface area contributed by atoms with Crippen LogP contribution in [0.2, 0.25) is 0 Å². The number of quaternary nitrogens is 1. The maximum atomic E-state index is 11.2. The van der Waals surface area contributed by atoms with Crippen LogP contribution in [-0.4, -0.2) is 30.2 Å². The molecule has 0 saturated heterocycles. The highest BCUT2D eigenvalue weighted by atomic mass is 16.3. The molecular weight excluding hydrogens is 366 g/mol. The topological polar surface area (TPSA) is 20.2 Å². The molecule has 2 aromatic rings. The predicted molar refractivity (Wildman–Crippen MR) is 129 cm³/mol. The zero-order valence-corrected chi connectivity index (χ0v) is 19.6. The fraction of sp³-hybridized carbons (Fsp3) is 0.571. The normalized spacial score (nSPS) is 13.9. The van der Waals surface area contributed by atoms with Crippen molar-refractivity contribution in [3.8, 4) is 0 Å². The van der Waals surface area contributed by atoms with E-state index in [2.05, 4.69) is 63.5 Å². The predicted octanol–water partition coefficient (Wildman–Crippen LogP) is 7.14. The number of benzene rings is 2. The SMILES string of the molecule is CCCCCCCCCC[C@@H](C[N+](C)(C)Cc1ccccc1)[C@H](O)c1ccccc1. The Balaban J connectivity index is 1.92. The van der Waals surface area contributed by atoms with Gasteiger partial charge in [-0.05, 0) is 12.0 Å². The molecule has 2 heteroatoms. The summed E-state index contributed by atoms with van der Waals surface area (Å²) >= 11 is 0. The fourth-order valence-corrected chi connectivity index (χ4v) is 4.59. The molecule has 0 aliphatic heterocycles. The number of aliphatic hydroxyl groups excluding tert-OH is 1. The average molecular weight is 411 g/mol. The number of aliphatic hydroxyl groups is 1. The molecule has 0 fully saturated rings. The van der Waals surface area contributed by atoms with Crippen LogP contribution in [0.5, 0.6) is 0 Å². The van der Waals surface area contributed by atoms with Crippen LogP contribution in [0.4, 0.5) is 0 Å². The number of hydrogen-bond donors (Lipinski definition) is 1. The molecule has 0 bridgehead atoms. The maximum Gasteiger partial charge on any atom is 0.104 e. The Morgan fingerprint density at radius 2 is 1.27 bits per heavy atom. The molecule has 0 spiro atoms. The number of unbranched alkanes of at least 4 members (excludes halogenated alkanes) is 7. The average Bonchev–Trinajstić information content (AvgIpc) is 2.75. The summed E-state index contributed by atoms with van der Waals surface area (Å²) in [5.74, 6) is 0.284. The third-order valence-corrected chi connectivity index (χ3v) is 6.20. The summed E-state index contributed by atoms with van der Waals surface area (Å²) in [5.41, 5.74) is 2.42. The van der Waals surface area contributed by atoms with Gasteiger partial charge in [-0.25, -0.2) is 0 Å². The van der Waals surface area contributed by atoms with E-state index in [1.54, 1.807) is 0 Å². The molecule has 2 rings (SSSR count). The van der Waals surface area contributed by atoms with Crippen LogP contribution in [0, 0.1) is 5.92 Å². The lowest BCUT2D eigenvalue weighted by atomic mass is 9.89. The Morgan fingerprint density at radius 1 is 0.733 bits per heavy atom. The van der Waals surface area contributed by atoms with Crippen LogP contribution in [0.15, 0.2) is 60.7 Å². The van der Waals surface area contributed by atoms with Gasteiger partial charge in [-0.1, -0.05) is 119 Å². The number of nitrogens with zero attached hydrogens (tertiary/aromatic N) is 1. The summed E-state index contributed by atoms with van der Waals surface area (Å²) in [5, 5.41) is 11.2. The number of hydrogen-bond acceptors (Lipinski definition) is 1. The van der Waals surface area contributed by atoms with Crippen LogP contribution in [0.25, 0.3) is 0 Å². The van der Waals surface area contributed by atoms with Crippen molar-refractivity contribution >= 4 is 0 Å². The van der Waals surface area contributed by atoms with Crippen LogP contribution < -0.4 is 0 Å². The van der Waals surface area contributed by atoms with E-state index < -0.39 is 0 Å². The quantitative estimate of drug-likeness (QED) is 0.244. The van der Waals surface area contributed by atoms with Gasteiger partial charge >= 0.3 is 0 Å². The first-order chi connectivity index (χ1) is 14.5. The number of rotatable bonds is 15. The molecule has 0 heterocycles. The summed E-state index contributed by atoms with van der Waals surface area (Å²) in [4.78, 5) is 0. The Kier molecular flexibility index (Phi) is 11.2. The Hall–Kier alpha value is -1.64. The lowest BCUT2D eigenvalue weighted by Gasteiger charge is -2.35. The van der Waals surface area contributed by atoms with Gasteiger partial charge in [-0.2, -0.15) is 0 Å². The molecule has 0 aromatic heterocycles. The molecule has 0 amide bonds. The van der Waals surface area contributed by atoms with Crippen molar-refractivity contribution in [2.24, 2.45) is 5.92 Å². The Bertz CT molecular complexity index is 668. The fourth-order valence-electron chi connectivity index (χ4n) is 4.59. The summed E-state index contributed by atoms with van der Waals surface area (Å²) in [6, 6.07) is 21.0. The van der Waals surface area contributed by atoms with Crippen LogP contribution >= 0.6 is 0 Å². The molecule has 2 aromatic carbocycles. The van der Waals surface area contributed by atoms with Crippen molar-refractivity contribution in [2.45, 2.75) is 77.4 Å². The van der Waals surface area contributed by atoms with Crippen LogP contribution in [0.1, 0.15) is 81.9 Å². The lowest BCUT2D eigenvalue weighted by Crippen LogP contribution is -2.44. The van der Waals surface area contributed by atoms with E-state index in [1.807, 2.05) is 18.2 Å². The van der Waals surface area contributed by atoms with E-state index in [0.717, 1.165) is 29.6 Å². The molecule has 2 atom stereocenters. The smallest absolute Gasteiger partial charge is 0.104 e. The second-order valence-electron chi connectivity index (χ2n) is 9.64. The second kappa shape index (κ2) is 13.6. The molecule has 166 valence electrons. The molecule has 0 saturated carbocycles. The van der Waals surface area contributed by atoms with Crippen molar-refractivity contribution in [3.63, 3.8) is 0 Å². The highest BCUT2D eigenvalue weighted by Crippen LogP contribution is 2.29. The van der Waals surface area contributed by atoms with Gasteiger partial charge in [0.1, 0.15) is 6.54 Å². The van der Waals surface area contributed by atoms with Crippen molar-refractivity contribution in [3.05, 3.63) is 71.8 Å². The van der Waals surface area contributed by atoms with Gasteiger partial charge in [0.25, 0.3) is 0 Å². The Morgan fingerprint density at radius 3 is 1.87 bits per heavy atom. The summed E-state index contributed by atoms with van der Waals surface area (Å²) in [6.45, 7) is 4.26. The van der Waals surface area contributed by atoms with E-state index in [1.165, 1.54) is 56.9 Å². The van der Waals surface area contributed by atoms with Gasteiger partial charge in [0, 0.05) is 11.5 Å². The van der Waals surface area contributed by atoms with Gasteiger partial charge in [0.2, 0.25) is 0 Å². The van der Waals surface area contributed by atoms with Crippen molar-refractivity contribution in [1.29, 1.82) is 0 Å². The highest BCUT2D eigenvalue weighted by Gasteiger charge is 2.28. The Labute approximate surface area is 185 Å². The van der Waals surface area contributed by atoms with E-state index in [-0.39, 0.29) is 12.0 Å². The molecule has 2 nitrogen and oxygen atoms in total. The molecule has 1 N–H and O–H groups in total. The highest BCUT2D eigenvalue weighted by molar-refractivity contribution is 5.18. The van der Waals surface area contributed by atoms with Gasteiger partial charge in [0.05, 0.1) is 26.7 Å². The molecule has 0 unspecified atom stereocenters. The minimum Gasteiger partial charge on any atom is -0.388 e. The largest absolute Gasteiger partial charge is 0.388 e. The lowest BCUT2D eigenvalue weighted by molar-refractivity contribution is -0.907. The minimum absolute atomic E-state index is 0.284. The second-order valence-corrected chi connectivity index (χ2v) is 9.64. The molecular formula is C28H44NO+. The van der Waals surface area contributed by atoms with Crippen LogP contribution in [-0.2, 0) is 6.54 Å². The molecule has 30 heavy (non-hydrogen) atoms. The van der Waals surface area contributed by atoms with E-state index in [4.69, 9.17) is 0 Å². The first-order valence-electron chi connectivity index (χ1n) is 12.1. The van der Waals surface area contributed by atoms with E-state index in [9.17, 15) is 5.11 Å². The third-order valence-electron chi connectivity index (χ3n) is 6.20. The van der Waals surface area contributed by atoms with E-state index >= 15 is 0 Å². The van der Waals surface area contributed by atoms with Crippen molar-refractivity contribution in [2.75, 3.05) is 20.6 Å². The van der Waals surface area contributed by atoms with Gasteiger partial charge in [0.15, 0.2) is 0 Å². The first kappa shape index (κ1) is 24.6. The van der Waals surface area contributed by atoms with Crippen molar-refractivity contribution in [1.82, 2.24) is 0 Å². The van der Waals surface area contributed by atoms with Crippen LogP contribution in [0.3, 0.4) is 0 Å². The maximum absolute atomic E-state index is 11.2. The van der Waals surface area contributed by atoms with Gasteiger partial charge < -0.3 is 9.59 Å². The zero-order valence-electron chi connectivity index (χ0n) is 19.6. The summed E-state index contributed by atoms with van der Waals surface area (Å²) in [7, 11) is 4.59. The summed E-state index contributed by atoms with van der Waals surface area (Å²) in [6.07, 6.45) is 11.4. The van der Waals surface area contributed by atoms with Gasteiger partial charge in [-0.3, -0.25) is 0 Å². The monoisotopic (exact) mass is 410 g/mol. The first-order valence-corrected chi connectivity index (χ1v) is 12.1. The van der Waals surface area contributed by atoms with Gasteiger partial charge in [-0.15, -0.1) is 0 Å².